The number of primary amides is 1. The Bertz CT molecular complexity index is 651. The summed E-state index contributed by atoms with van der Waals surface area (Å²) in [7, 11) is 0. The summed E-state index contributed by atoms with van der Waals surface area (Å²) in [6, 6.07) is 6.18. The molecule has 0 fully saturated rings. The zero-order valence-electron chi connectivity index (χ0n) is 13.2. The van der Waals surface area contributed by atoms with Gasteiger partial charge in [-0.05, 0) is 36.2 Å². The molecule has 0 aliphatic rings. The van der Waals surface area contributed by atoms with E-state index in [1.165, 1.54) is 6.07 Å². The van der Waals surface area contributed by atoms with Gasteiger partial charge in [0.25, 0.3) is 0 Å². The predicted molar refractivity (Wildman–Crippen MR) is 95.0 cm³/mol. The first-order valence-electron chi connectivity index (χ1n) is 7.00. The number of hydrogen-bond donors (Lipinski definition) is 2. The van der Waals surface area contributed by atoms with E-state index in [0.717, 1.165) is 5.56 Å². The molecule has 126 valence electrons. The smallest absolute Gasteiger partial charge is 0.204 e. The highest BCUT2D eigenvalue weighted by atomic mass is 35.5. The summed E-state index contributed by atoms with van der Waals surface area (Å²) in [5.74, 6) is -0.421. The number of hydrogen-bond acceptors (Lipinski definition) is 3. The molecular formula is C16H20Cl2FN3O. The second-order valence-electron chi connectivity index (χ2n) is 4.00. The number of aryl methyl sites for hydroxylation is 1. The maximum Gasteiger partial charge on any atom is 0.204 e. The number of carbonyl (C=O) groups is 1. The van der Waals surface area contributed by atoms with Gasteiger partial charge in [-0.2, -0.15) is 0 Å². The Balaban J connectivity index is 0.000000868. The van der Waals surface area contributed by atoms with Crippen LogP contribution in [0, 0.1) is 5.82 Å². The van der Waals surface area contributed by atoms with Crippen LogP contribution in [0.5, 0.6) is 0 Å². The molecule has 0 radical (unpaired) electrons. The summed E-state index contributed by atoms with van der Waals surface area (Å²) in [6.45, 7) is 5.95. The first-order valence-corrected chi connectivity index (χ1v) is 7.75. The van der Waals surface area contributed by atoms with E-state index in [0.29, 0.717) is 28.4 Å². The zero-order chi connectivity index (χ0) is 18.0. The van der Waals surface area contributed by atoms with Crippen molar-refractivity contribution < 1.29 is 9.18 Å². The van der Waals surface area contributed by atoms with Gasteiger partial charge in [0.15, 0.2) is 0 Å². The number of nitrogens with zero attached hydrogens (tertiary/aromatic N) is 1. The molecular weight excluding hydrogens is 340 g/mol. The Morgan fingerprint density at radius 1 is 1.26 bits per heavy atom. The van der Waals surface area contributed by atoms with E-state index < -0.39 is 5.82 Å². The van der Waals surface area contributed by atoms with Crippen LogP contribution in [-0.4, -0.2) is 11.4 Å². The van der Waals surface area contributed by atoms with E-state index in [9.17, 15) is 4.39 Å². The van der Waals surface area contributed by atoms with E-state index in [2.05, 4.69) is 10.7 Å². The minimum atomic E-state index is -0.421. The highest BCUT2D eigenvalue weighted by Gasteiger charge is 2.15. The molecule has 0 unspecified atom stereocenters. The topological polar surface area (TPSA) is 82.0 Å². The molecule has 4 N–H and O–H groups in total. The van der Waals surface area contributed by atoms with Crippen molar-refractivity contribution in [3.63, 3.8) is 0 Å². The summed E-state index contributed by atoms with van der Waals surface area (Å²) in [5, 5.41) is 0.500. The quantitative estimate of drug-likeness (QED) is 0.471. The summed E-state index contributed by atoms with van der Waals surface area (Å²) in [5.41, 5.74) is 11.9. The fourth-order valence-electron chi connectivity index (χ4n) is 1.83. The zero-order valence-corrected chi connectivity index (χ0v) is 14.7. The van der Waals surface area contributed by atoms with Crippen molar-refractivity contribution in [2.45, 2.75) is 27.2 Å². The Labute approximate surface area is 145 Å². The van der Waals surface area contributed by atoms with Crippen LogP contribution in [-0.2, 0) is 11.2 Å². The molecule has 1 aromatic heterocycles. The van der Waals surface area contributed by atoms with Crippen molar-refractivity contribution in [3.8, 4) is 11.1 Å². The van der Waals surface area contributed by atoms with Crippen molar-refractivity contribution in [2.75, 3.05) is 5.73 Å². The van der Waals surface area contributed by atoms with Crippen LogP contribution in [0.2, 0.25) is 10.3 Å². The first-order chi connectivity index (χ1) is 10.9. The van der Waals surface area contributed by atoms with Gasteiger partial charge in [-0.25, -0.2) is 9.37 Å². The van der Waals surface area contributed by atoms with Crippen molar-refractivity contribution >= 4 is 35.3 Å². The molecule has 0 saturated heterocycles. The number of benzene rings is 1. The van der Waals surface area contributed by atoms with Gasteiger partial charge in [0, 0.05) is 16.8 Å². The van der Waals surface area contributed by atoms with Crippen LogP contribution >= 0.6 is 23.2 Å². The lowest BCUT2D eigenvalue weighted by Gasteiger charge is -2.11. The molecule has 2 rings (SSSR count). The van der Waals surface area contributed by atoms with Crippen molar-refractivity contribution in [2.24, 2.45) is 5.73 Å². The first kappa shape index (κ1) is 21.1. The number of aromatic nitrogens is 1. The predicted octanol–water partition coefficient (Wildman–Crippen LogP) is 4.47. The van der Waals surface area contributed by atoms with E-state index in [1.807, 2.05) is 20.8 Å². The molecule has 0 saturated carbocycles. The van der Waals surface area contributed by atoms with Gasteiger partial charge in [0.1, 0.15) is 16.1 Å². The van der Waals surface area contributed by atoms with E-state index in [4.69, 9.17) is 33.7 Å². The molecule has 1 aromatic carbocycles. The molecule has 0 aliphatic heterocycles. The lowest BCUT2D eigenvalue weighted by Crippen LogP contribution is -1.96. The van der Waals surface area contributed by atoms with Gasteiger partial charge >= 0.3 is 0 Å². The largest absolute Gasteiger partial charge is 0.399 e. The Kier molecular flexibility index (Phi) is 9.94. The van der Waals surface area contributed by atoms with Gasteiger partial charge < -0.3 is 11.5 Å². The van der Waals surface area contributed by atoms with Gasteiger partial charge in [-0.15, -0.1) is 0 Å². The minimum Gasteiger partial charge on any atom is -0.399 e. The normalized spacial score (nSPS) is 9.13. The summed E-state index contributed by atoms with van der Waals surface area (Å²) in [4.78, 5) is 12.5. The summed E-state index contributed by atoms with van der Waals surface area (Å²) < 4.78 is 13.9. The monoisotopic (exact) mass is 359 g/mol. The standard InChI is InChI=1S/C13H11Cl2FN2.C2H6.CH3NO/c1-2-7-5-11(14)18-13(15)12(7)9-4-3-8(17)6-10(9)16;1-2;2-1-3/h3-6H,2,17H2,1H3;1-2H3;1H,(H2,2,3). The van der Waals surface area contributed by atoms with Crippen molar-refractivity contribution in [1.29, 1.82) is 0 Å². The number of nitrogen functional groups attached to an aromatic ring is 1. The molecule has 0 aliphatic carbocycles. The third-order valence-electron chi connectivity index (χ3n) is 2.67. The SMILES string of the molecule is CC.CCc1cc(Cl)nc(Cl)c1-c1ccc(N)cc1F.NC=O. The van der Waals surface area contributed by atoms with Gasteiger partial charge in [0.05, 0.1) is 0 Å². The Morgan fingerprint density at radius 2 is 1.83 bits per heavy atom. The summed E-state index contributed by atoms with van der Waals surface area (Å²) in [6.07, 6.45) is 0.932. The highest BCUT2D eigenvalue weighted by Crippen LogP contribution is 2.34. The molecule has 1 heterocycles. The highest BCUT2D eigenvalue weighted by molar-refractivity contribution is 6.34. The summed E-state index contributed by atoms with van der Waals surface area (Å²) >= 11 is 11.9. The van der Waals surface area contributed by atoms with E-state index in [-0.39, 0.29) is 11.6 Å². The van der Waals surface area contributed by atoms with Crippen LogP contribution in [0.4, 0.5) is 10.1 Å². The average Bonchev–Trinajstić information content (AvgIpc) is 2.50. The van der Waals surface area contributed by atoms with Crippen LogP contribution in [0.15, 0.2) is 24.3 Å². The molecule has 0 bridgehead atoms. The van der Waals surface area contributed by atoms with Gasteiger partial charge in [-0.3, -0.25) is 4.79 Å². The number of nitrogens with two attached hydrogens (primary N) is 2. The van der Waals surface area contributed by atoms with Crippen LogP contribution in [0.1, 0.15) is 26.3 Å². The molecule has 7 heteroatoms. The van der Waals surface area contributed by atoms with E-state index >= 15 is 0 Å². The number of pyridine rings is 1. The molecule has 1 amide bonds. The second kappa shape index (κ2) is 10.8. The Hall–Kier alpha value is -1.85. The number of amides is 1. The third-order valence-corrected chi connectivity index (χ3v) is 3.14. The van der Waals surface area contributed by atoms with Gasteiger partial charge in [-0.1, -0.05) is 44.0 Å². The number of halogens is 3. The maximum absolute atomic E-state index is 13.9. The van der Waals surface area contributed by atoms with Crippen LogP contribution < -0.4 is 11.5 Å². The molecule has 23 heavy (non-hydrogen) atoms. The van der Waals surface area contributed by atoms with Gasteiger partial charge in [0.2, 0.25) is 6.41 Å². The van der Waals surface area contributed by atoms with Crippen molar-refractivity contribution in [3.05, 3.63) is 46.0 Å². The fourth-order valence-corrected chi connectivity index (χ4v) is 2.40. The van der Waals surface area contributed by atoms with Crippen molar-refractivity contribution in [1.82, 2.24) is 4.98 Å². The maximum atomic E-state index is 13.9. The Morgan fingerprint density at radius 3 is 2.30 bits per heavy atom. The number of rotatable bonds is 2. The number of carbonyl (C=O) groups excluding carboxylic acids is 1. The average molecular weight is 360 g/mol. The minimum absolute atomic E-state index is 0.197. The molecule has 2 aromatic rings. The molecule has 0 atom stereocenters. The van der Waals surface area contributed by atoms with Crippen LogP contribution in [0.25, 0.3) is 11.1 Å². The lowest BCUT2D eigenvalue weighted by atomic mass is 9.99. The second-order valence-corrected chi connectivity index (χ2v) is 4.74. The third kappa shape index (κ3) is 6.04. The molecule has 4 nitrogen and oxygen atoms in total. The molecule has 0 spiro atoms. The fraction of sp³-hybridized carbons (Fsp3) is 0.250. The van der Waals surface area contributed by atoms with Crippen LogP contribution in [0.3, 0.4) is 0 Å². The number of anilines is 1. The van der Waals surface area contributed by atoms with E-state index in [1.54, 1.807) is 18.2 Å². The lowest BCUT2D eigenvalue weighted by molar-refractivity contribution is -0.106.